The average molecular weight is 229 g/mol. The fraction of sp³-hybridized carbons (Fsp3) is 0.500. The second-order valence-electron chi connectivity index (χ2n) is 3.14. The van der Waals surface area contributed by atoms with Crippen molar-refractivity contribution >= 4 is 17.2 Å². The van der Waals surface area contributed by atoms with Crippen LogP contribution in [0, 0.1) is 0 Å². The van der Waals surface area contributed by atoms with Crippen molar-refractivity contribution in [2.75, 3.05) is 26.3 Å². The third-order valence-corrected chi connectivity index (χ3v) is 2.76. The Labute approximate surface area is 92.8 Å². The van der Waals surface area contributed by atoms with E-state index in [1.807, 2.05) is 16.8 Å². The zero-order chi connectivity index (χ0) is 11.1. The van der Waals surface area contributed by atoms with Crippen LogP contribution in [-0.2, 0) is 11.2 Å². The molecule has 0 aliphatic rings. The van der Waals surface area contributed by atoms with Crippen molar-refractivity contribution < 1.29 is 15.0 Å². The summed E-state index contributed by atoms with van der Waals surface area (Å²) in [6.45, 7) is 0.414. The van der Waals surface area contributed by atoms with Gasteiger partial charge in [-0.15, -0.1) is 0 Å². The molecule has 0 aromatic carbocycles. The molecule has 2 N–H and O–H groups in total. The Bertz CT molecular complexity index is 281. The molecule has 0 saturated heterocycles. The van der Waals surface area contributed by atoms with E-state index in [9.17, 15) is 4.79 Å². The molecule has 0 fully saturated rings. The maximum absolute atomic E-state index is 11.7. The monoisotopic (exact) mass is 229 g/mol. The summed E-state index contributed by atoms with van der Waals surface area (Å²) in [5.74, 6) is -0.0588. The summed E-state index contributed by atoms with van der Waals surface area (Å²) >= 11 is 1.55. The van der Waals surface area contributed by atoms with E-state index in [2.05, 4.69) is 0 Å². The van der Waals surface area contributed by atoms with Crippen LogP contribution in [-0.4, -0.2) is 47.3 Å². The average Bonchev–Trinajstić information content (AvgIpc) is 2.70. The van der Waals surface area contributed by atoms with E-state index in [1.54, 1.807) is 11.3 Å². The van der Waals surface area contributed by atoms with E-state index >= 15 is 0 Å². The predicted octanol–water partition coefficient (Wildman–Crippen LogP) is 0.104. The molecule has 0 aliphatic heterocycles. The van der Waals surface area contributed by atoms with Crippen molar-refractivity contribution in [3.8, 4) is 0 Å². The van der Waals surface area contributed by atoms with Crippen molar-refractivity contribution in [3.05, 3.63) is 22.4 Å². The first-order valence-electron chi connectivity index (χ1n) is 4.78. The van der Waals surface area contributed by atoms with Crippen molar-refractivity contribution in [1.29, 1.82) is 0 Å². The van der Waals surface area contributed by atoms with Crippen molar-refractivity contribution in [2.24, 2.45) is 0 Å². The van der Waals surface area contributed by atoms with Gasteiger partial charge in [0.05, 0.1) is 19.6 Å². The highest BCUT2D eigenvalue weighted by atomic mass is 32.1. The molecule has 1 aromatic rings. The van der Waals surface area contributed by atoms with Gasteiger partial charge in [-0.25, -0.2) is 0 Å². The molecule has 15 heavy (non-hydrogen) atoms. The predicted molar refractivity (Wildman–Crippen MR) is 58.8 cm³/mol. The van der Waals surface area contributed by atoms with Gasteiger partial charge >= 0.3 is 0 Å². The van der Waals surface area contributed by atoms with Crippen LogP contribution >= 0.6 is 11.3 Å². The number of amides is 1. The number of aliphatic hydroxyl groups excluding tert-OH is 2. The summed E-state index contributed by atoms with van der Waals surface area (Å²) in [7, 11) is 0. The normalized spacial score (nSPS) is 10.3. The van der Waals surface area contributed by atoms with Crippen molar-refractivity contribution in [3.63, 3.8) is 0 Å². The molecule has 1 aromatic heterocycles. The summed E-state index contributed by atoms with van der Waals surface area (Å²) in [6.07, 6.45) is 0.337. The first-order valence-corrected chi connectivity index (χ1v) is 5.72. The van der Waals surface area contributed by atoms with Crippen LogP contribution in [0.15, 0.2) is 16.8 Å². The smallest absolute Gasteiger partial charge is 0.227 e. The van der Waals surface area contributed by atoms with Gasteiger partial charge in [-0.3, -0.25) is 4.79 Å². The number of carbonyl (C=O) groups excluding carboxylic acids is 1. The van der Waals surface area contributed by atoms with Gasteiger partial charge in [0.25, 0.3) is 0 Å². The summed E-state index contributed by atoms with van der Waals surface area (Å²) in [5.41, 5.74) is 0.978. The lowest BCUT2D eigenvalue weighted by atomic mass is 10.2. The van der Waals surface area contributed by atoms with Crippen LogP contribution in [0.3, 0.4) is 0 Å². The highest BCUT2D eigenvalue weighted by Gasteiger charge is 2.12. The molecule has 0 unspecified atom stereocenters. The van der Waals surface area contributed by atoms with Crippen molar-refractivity contribution in [1.82, 2.24) is 4.90 Å². The lowest BCUT2D eigenvalue weighted by Crippen LogP contribution is -2.36. The van der Waals surface area contributed by atoms with Gasteiger partial charge in [0.15, 0.2) is 0 Å². The highest BCUT2D eigenvalue weighted by molar-refractivity contribution is 7.07. The molecule has 0 radical (unpaired) electrons. The third-order valence-electron chi connectivity index (χ3n) is 2.03. The molecular weight excluding hydrogens is 214 g/mol. The quantitative estimate of drug-likeness (QED) is 0.727. The van der Waals surface area contributed by atoms with Gasteiger partial charge < -0.3 is 15.1 Å². The lowest BCUT2D eigenvalue weighted by molar-refractivity contribution is -0.131. The largest absolute Gasteiger partial charge is 0.395 e. The minimum absolute atomic E-state index is 0.0588. The SMILES string of the molecule is O=C(Cc1ccsc1)N(CCO)CCO. The Kier molecular flexibility index (Phi) is 5.31. The second-order valence-corrected chi connectivity index (χ2v) is 3.92. The molecule has 5 heteroatoms. The fourth-order valence-corrected chi connectivity index (χ4v) is 1.95. The minimum Gasteiger partial charge on any atom is -0.395 e. The summed E-state index contributed by atoms with van der Waals surface area (Å²) in [6, 6.07) is 1.90. The zero-order valence-corrected chi connectivity index (χ0v) is 9.24. The second kappa shape index (κ2) is 6.55. The molecule has 4 nitrogen and oxygen atoms in total. The summed E-state index contributed by atoms with van der Waals surface area (Å²) in [4.78, 5) is 13.2. The highest BCUT2D eigenvalue weighted by Crippen LogP contribution is 2.08. The van der Waals surface area contributed by atoms with Crippen LogP contribution in [0.2, 0.25) is 0 Å². The lowest BCUT2D eigenvalue weighted by Gasteiger charge is -2.20. The number of hydrogen-bond acceptors (Lipinski definition) is 4. The standard InChI is InChI=1S/C10H15NO3S/c12-4-2-11(3-5-13)10(14)7-9-1-6-15-8-9/h1,6,8,12-13H,2-5,7H2. The van der Waals surface area contributed by atoms with Gasteiger partial charge in [0.1, 0.15) is 0 Å². The molecule has 1 amide bonds. The van der Waals surface area contributed by atoms with Crippen molar-refractivity contribution in [2.45, 2.75) is 6.42 Å². The first kappa shape index (κ1) is 12.2. The van der Waals surface area contributed by atoms with Crippen LogP contribution < -0.4 is 0 Å². The van der Waals surface area contributed by atoms with E-state index in [-0.39, 0.29) is 32.2 Å². The minimum atomic E-state index is -0.0740. The maximum Gasteiger partial charge on any atom is 0.227 e. The topological polar surface area (TPSA) is 60.8 Å². The van der Waals surface area contributed by atoms with E-state index in [0.717, 1.165) is 5.56 Å². The van der Waals surface area contributed by atoms with Gasteiger partial charge in [0, 0.05) is 13.1 Å². The number of hydrogen-bond donors (Lipinski definition) is 2. The molecule has 1 rings (SSSR count). The Morgan fingerprint density at radius 3 is 2.47 bits per heavy atom. The third kappa shape index (κ3) is 3.99. The summed E-state index contributed by atoms with van der Waals surface area (Å²) < 4.78 is 0. The summed E-state index contributed by atoms with van der Waals surface area (Å²) in [5, 5.41) is 21.4. The fourth-order valence-electron chi connectivity index (χ4n) is 1.28. The molecule has 0 atom stereocenters. The zero-order valence-electron chi connectivity index (χ0n) is 8.43. The van der Waals surface area contributed by atoms with Gasteiger partial charge in [-0.1, -0.05) is 0 Å². The molecule has 0 bridgehead atoms. The molecule has 0 spiro atoms. The number of nitrogens with zero attached hydrogens (tertiary/aromatic N) is 1. The van der Waals surface area contributed by atoms with Gasteiger partial charge in [-0.05, 0) is 22.4 Å². The number of aliphatic hydroxyl groups is 2. The Morgan fingerprint density at radius 2 is 2.00 bits per heavy atom. The van der Waals surface area contributed by atoms with Gasteiger partial charge in [0.2, 0.25) is 5.91 Å². The number of rotatable bonds is 6. The maximum atomic E-state index is 11.7. The van der Waals surface area contributed by atoms with E-state index in [4.69, 9.17) is 10.2 Å². The van der Waals surface area contributed by atoms with Crippen LogP contribution in [0.25, 0.3) is 0 Å². The van der Waals surface area contributed by atoms with Crippen LogP contribution in [0.4, 0.5) is 0 Å². The number of carbonyl (C=O) groups is 1. The molecular formula is C10H15NO3S. The Morgan fingerprint density at radius 1 is 1.33 bits per heavy atom. The van der Waals surface area contributed by atoms with E-state index in [0.29, 0.717) is 6.42 Å². The van der Waals surface area contributed by atoms with E-state index < -0.39 is 0 Å². The molecule has 0 aliphatic carbocycles. The van der Waals surface area contributed by atoms with E-state index in [1.165, 1.54) is 4.90 Å². The molecule has 84 valence electrons. The van der Waals surface area contributed by atoms with Crippen LogP contribution in [0.5, 0.6) is 0 Å². The molecule has 1 heterocycles. The number of thiophene rings is 1. The van der Waals surface area contributed by atoms with Gasteiger partial charge in [-0.2, -0.15) is 11.3 Å². The van der Waals surface area contributed by atoms with Crippen LogP contribution in [0.1, 0.15) is 5.56 Å². The Balaban J connectivity index is 2.48. The molecule has 0 saturated carbocycles. The first-order chi connectivity index (χ1) is 7.27. The Hall–Kier alpha value is -0.910.